The Hall–Kier alpha value is -1.90. The Labute approximate surface area is 125 Å². The van der Waals surface area contributed by atoms with Crippen molar-refractivity contribution < 1.29 is 9.53 Å². The smallest absolute Gasteiger partial charge is 0.255 e. The SMILES string of the molecule is CN(CC1CCCCO1)C(=O)c1ccncc1C#CCN. The van der Waals surface area contributed by atoms with Gasteiger partial charge in [-0.3, -0.25) is 9.78 Å². The van der Waals surface area contributed by atoms with Gasteiger partial charge in [0.05, 0.1) is 23.8 Å². The first kappa shape index (κ1) is 15.5. The van der Waals surface area contributed by atoms with Crippen molar-refractivity contribution >= 4 is 5.91 Å². The summed E-state index contributed by atoms with van der Waals surface area (Å²) in [5.41, 5.74) is 6.55. The summed E-state index contributed by atoms with van der Waals surface area (Å²) >= 11 is 0. The van der Waals surface area contributed by atoms with Crippen LogP contribution in [-0.2, 0) is 4.74 Å². The van der Waals surface area contributed by atoms with Gasteiger partial charge in [0, 0.05) is 32.6 Å². The van der Waals surface area contributed by atoms with Crippen molar-refractivity contribution in [2.75, 3.05) is 26.7 Å². The van der Waals surface area contributed by atoms with Gasteiger partial charge in [-0.1, -0.05) is 11.8 Å². The molecule has 2 N–H and O–H groups in total. The van der Waals surface area contributed by atoms with E-state index in [-0.39, 0.29) is 18.6 Å². The number of hydrogen-bond donors (Lipinski definition) is 1. The number of hydrogen-bond acceptors (Lipinski definition) is 4. The van der Waals surface area contributed by atoms with Crippen LogP contribution in [0.15, 0.2) is 18.5 Å². The van der Waals surface area contributed by atoms with E-state index in [2.05, 4.69) is 16.8 Å². The molecule has 0 bridgehead atoms. The molecular weight excluding hydrogens is 266 g/mol. The molecule has 0 aliphatic carbocycles. The summed E-state index contributed by atoms with van der Waals surface area (Å²) in [7, 11) is 1.79. The van der Waals surface area contributed by atoms with Crippen molar-refractivity contribution in [2.24, 2.45) is 5.73 Å². The summed E-state index contributed by atoms with van der Waals surface area (Å²) in [5, 5.41) is 0. The number of likely N-dealkylation sites (N-methyl/N-ethyl adjacent to an activating group) is 1. The maximum absolute atomic E-state index is 12.5. The fourth-order valence-electron chi connectivity index (χ4n) is 2.37. The Bertz CT molecular complexity index is 542. The van der Waals surface area contributed by atoms with Gasteiger partial charge in [0.25, 0.3) is 5.91 Å². The number of rotatable bonds is 3. The number of nitrogens with two attached hydrogens (primary N) is 1. The molecule has 0 radical (unpaired) electrons. The average molecular weight is 287 g/mol. The minimum absolute atomic E-state index is 0.0621. The van der Waals surface area contributed by atoms with Gasteiger partial charge in [-0.25, -0.2) is 0 Å². The van der Waals surface area contributed by atoms with Crippen LogP contribution in [0.4, 0.5) is 0 Å². The van der Waals surface area contributed by atoms with Crippen molar-refractivity contribution in [3.63, 3.8) is 0 Å². The van der Waals surface area contributed by atoms with E-state index in [4.69, 9.17) is 10.5 Å². The Morgan fingerprint density at radius 2 is 2.43 bits per heavy atom. The molecule has 0 aromatic carbocycles. The Balaban J connectivity index is 2.08. The minimum Gasteiger partial charge on any atom is -0.376 e. The highest BCUT2D eigenvalue weighted by molar-refractivity contribution is 5.96. The molecule has 1 atom stereocenters. The van der Waals surface area contributed by atoms with Crippen LogP contribution in [0.25, 0.3) is 0 Å². The van der Waals surface area contributed by atoms with E-state index in [1.165, 1.54) is 0 Å². The predicted molar refractivity (Wildman–Crippen MR) is 80.7 cm³/mol. The predicted octanol–water partition coefficient (Wildman–Crippen LogP) is 1.03. The number of carbonyl (C=O) groups is 1. The molecule has 1 aliphatic heterocycles. The topological polar surface area (TPSA) is 68.5 Å². The van der Waals surface area contributed by atoms with Crippen LogP contribution in [0.5, 0.6) is 0 Å². The fourth-order valence-corrected chi connectivity index (χ4v) is 2.37. The number of nitrogens with zero attached hydrogens (tertiary/aromatic N) is 2. The zero-order chi connectivity index (χ0) is 15.1. The lowest BCUT2D eigenvalue weighted by Crippen LogP contribution is -2.37. The third-order valence-corrected chi connectivity index (χ3v) is 3.47. The molecule has 2 rings (SSSR count). The molecule has 5 heteroatoms. The number of pyridine rings is 1. The van der Waals surface area contributed by atoms with E-state index in [9.17, 15) is 4.79 Å². The third kappa shape index (κ3) is 4.28. The average Bonchev–Trinajstić information content (AvgIpc) is 2.53. The minimum atomic E-state index is -0.0621. The molecular formula is C16H21N3O2. The lowest BCUT2D eigenvalue weighted by Gasteiger charge is -2.27. The Morgan fingerprint density at radius 3 is 3.14 bits per heavy atom. The second-order valence-corrected chi connectivity index (χ2v) is 5.10. The van der Waals surface area contributed by atoms with E-state index in [0.29, 0.717) is 17.7 Å². The fraction of sp³-hybridized carbons (Fsp3) is 0.500. The van der Waals surface area contributed by atoms with Gasteiger partial charge in [-0.15, -0.1) is 0 Å². The van der Waals surface area contributed by atoms with E-state index < -0.39 is 0 Å². The number of amides is 1. The van der Waals surface area contributed by atoms with Gasteiger partial charge >= 0.3 is 0 Å². The molecule has 1 aromatic heterocycles. The van der Waals surface area contributed by atoms with E-state index in [1.54, 1.807) is 30.4 Å². The standard InChI is InChI=1S/C16H21N3O2/c1-19(12-14-6-2-3-10-21-14)16(20)15-7-9-18-11-13(15)5-4-8-17/h7,9,11,14H,2-3,6,8,10,12,17H2,1H3. The molecule has 112 valence electrons. The van der Waals surface area contributed by atoms with Crippen molar-refractivity contribution in [2.45, 2.75) is 25.4 Å². The lowest BCUT2D eigenvalue weighted by atomic mass is 10.1. The van der Waals surface area contributed by atoms with Crippen LogP contribution in [0.2, 0.25) is 0 Å². The molecule has 0 spiro atoms. The van der Waals surface area contributed by atoms with Gasteiger partial charge in [-0.05, 0) is 25.3 Å². The number of carbonyl (C=O) groups excluding carboxylic acids is 1. The molecule has 5 nitrogen and oxygen atoms in total. The summed E-state index contributed by atoms with van der Waals surface area (Å²) in [6, 6.07) is 1.70. The first-order chi connectivity index (χ1) is 10.2. The van der Waals surface area contributed by atoms with Gasteiger partial charge in [-0.2, -0.15) is 0 Å². The van der Waals surface area contributed by atoms with Crippen molar-refractivity contribution in [3.05, 3.63) is 29.6 Å². The first-order valence-electron chi connectivity index (χ1n) is 7.22. The second-order valence-electron chi connectivity index (χ2n) is 5.10. The van der Waals surface area contributed by atoms with E-state index in [1.807, 2.05) is 0 Å². The second kappa shape index (κ2) is 7.77. The summed E-state index contributed by atoms with van der Waals surface area (Å²) < 4.78 is 5.68. The van der Waals surface area contributed by atoms with Crippen LogP contribution in [0.1, 0.15) is 35.2 Å². The van der Waals surface area contributed by atoms with Crippen molar-refractivity contribution in [1.82, 2.24) is 9.88 Å². The molecule has 1 aliphatic rings. The highest BCUT2D eigenvalue weighted by atomic mass is 16.5. The third-order valence-electron chi connectivity index (χ3n) is 3.47. The largest absolute Gasteiger partial charge is 0.376 e. The van der Waals surface area contributed by atoms with Gasteiger partial charge < -0.3 is 15.4 Å². The van der Waals surface area contributed by atoms with Gasteiger partial charge in [0.2, 0.25) is 0 Å². The monoisotopic (exact) mass is 287 g/mol. The number of aromatic nitrogens is 1. The van der Waals surface area contributed by atoms with Crippen molar-refractivity contribution in [3.8, 4) is 11.8 Å². The molecule has 1 amide bonds. The van der Waals surface area contributed by atoms with Gasteiger partial charge in [0.1, 0.15) is 0 Å². The molecule has 1 unspecified atom stereocenters. The molecule has 2 heterocycles. The zero-order valence-electron chi connectivity index (χ0n) is 12.3. The van der Waals surface area contributed by atoms with Crippen LogP contribution in [0.3, 0.4) is 0 Å². The molecule has 0 saturated carbocycles. The summed E-state index contributed by atoms with van der Waals surface area (Å²) in [5.74, 6) is 5.60. The van der Waals surface area contributed by atoms with E-state index in [0.717, 1.165) is 25.9 Å². The maximum Gasteiger partial charge on any atom is 0.255 e. The molecule has 1 fully saturated rings. The summed E-state index contributed by atoms with van der Waals surface area (Å²) in [6.07, 6.45) is 6.61. The lowest BCUT2D eigenvalue weighted by molar-refractivity contribution is -0.000195. The molecule has 1 aromatic rings. The number of ether oxygens (including phenoxy) is 1. The van der Waals surface area contributed by atoms with Crippen LogP contribution >= 0.6 is 0 Å². The summed E-state index contributed by atoms with van der Waals surface area (Å²) in [6.45, 7) is 1.65. The quantitative estimate of drug-likeness (QED) is 0.843. The van der Waals surface area contributed by atoms with Gasteiger partial charge in [0.15, 0.2) is 0 Å². The Morgan fingerprint density at radius 1 is 1.57 bits per heavy atom. The highest BCUT2D eigenvalue weighted by Gasteiger charge is 2.21. The van der Waals surface area contributed by atoms with Crippen LogP contribution in [0, 0.1) is 11.8 Å². The van der Waals surface area contributed by atoms with Crippen LogP contribution < -0.4 is 5.73 Å². The zero-order valence-corrected chi connectivity index (χ0v) is 12.3. The first-order valence-corrected chi connectivity index (χ1v) is 7.22. The van der Waals surface area contributed by atoms with Crippen LogP contribution in [-0.4, -0.2) is 48.6 Å². The van der Waals surface area contributed by atoms with E-state index >= 15 is 0 Å². The Kier molecular flexibility index (Phi) is 5.73. The summed E-state index contributed by atoms with van der Waals surface area (Å²) in [4.78, 5) is 18.3. The molecule has 1 saturated heterocycles. The normalized spacial score (nSPS) is 17.7. The molecule has 21 heavy (non-hydrogen) atoms. The maximum atomic E-state index is 12.5. The highest BCUT2D eigenvalue weighted by Crippen LogP contribution is 2.15. The van der Waals surface area contributed by atoms with Crippen molar-refractivity contribution in [1.29, 1.82) is 0 Å².